The minimum Gasteiger partial charge on any atom is -0.493 e. The molecule has 22 heavy (non-hydrogen) atoms. The van der Waals surface area contributed by atoms with Crippen LogP contribution in [-0.4, -0.2) is 12.5 Å². The van der Waals surface area contributed by atoms with Crippen LogP contribution in [0.15, 0.2) is 48.5 Å². The average molecular weight is 294 g/mol. The van der Waals surface area contributed by atoms with Crippen molar-refractivity contribution in [1.29, 1.82) is 5.26 Å². The summed E-state index contributed by atoms with van der Waals surface area (Å²) in [5.41, 5.74) is 2.78. The summed E-state index contributed by atoms with van der Waals surface area (Å²) >= 11 is 0. The van der Waals surface area contributed by atoms with Crippen LogP contribution in [0.4, 0.5) is 5.69 Å². The van der Waals surface area contributed by atoms with Crippen LogP contribution in [0.5, 0.6) is 5.75 Å². The van der Waals surface area contributed by atoms with Crippen LogP contribution in [-0.2, 0) is 11.2 Å². The van der Waals surface area contributed by atoms with Crippen molar-refractivity contribution in [2.75, 3.05) is 11.9 Å². The molecule has 0 unspecified atom stereocenters. The molecule has 0 aliphatic heterocycles. The fourth-order valence-corrected chi connectivity index (χ4v) is 1.99. The van der Waals surface area contributed by atoms with Crippen LogP contribution in [0.25, 0.3) is 0 Å². The summed E-state index contributed by atoms with van der Waals surface area (Å²) in [4.78, 5) is 11.8. The van der Waals surface area contributed by atoms with Crippen molar-refractivity contribution < 1.29 is 9.53 Å². The molecule has 2 aromatic carbocycles. The SMILES string of the molecule is Cc1cccc(OCCC(=O)Nc2ccc(CC#N)cc2)c1. The van der Waals surface area contributed by atoms with Crippen molar-refractivity contribution in [3.8, 4) is 11.8 Å². The van der Waals surface area contributed by atoms with Gasteiger partial charge in [-0.15, -0.1) is 0 Å². The molecule has 0 atom stereocenters. The molecule has 0 aromatic heterocycles. The highest BCUT2D eigenvalue weighted by Gasteiger charge is 2.03. The van der Waals surface area contributed by atoms with E-state index >= 15 is 0 Å². The lowest BCUT2D eigenvalue weighted by atomic mass is 10.1. The maximum atomic E-state index is 11.8. The van der Waals surface area contributed by atoms with Gasteiger partial charge < -0.3 is 10.1 Å². The highest BCUT2D eigenvalue weighted by molar-refractivity contribution is 5.90. The summed E-state index contributed by atoms with van der Waals surface area (Å²) < 4.78 is 5.55. The number of hydrogen-bond acceptors (Lipinski definition) is 3. The Morgan fingerprint density at radius 1 is 1.23 bits per heavy atom. The van der Waals surface area contributed by atoms with Gasteiger partial charge in [-0.05, 0) is 42.3 Å². The zero-order valence-electron chi connectivity index (χ0n) is 12.5. The van der Waals surface area contributed by atoms with Crippen LogP contribution in [0.3, 0.4) is 0 Å². The molecule has 2 rings (SSSR count). The molecular weight excluding hydrogens is 276 g/mol. The van der Waals surface area contributed by atoms with E-state index in [4.69, 9.17) is 10.00 Å². The first-order chi connectivity index (χ1) is 10.7. The molecule has 1 amide bonds. The van der Waals surface area contributed by atoms with Crippen molar-refractivity contribution in [2.45, 2.75) is 19.8 Å². The highest BCUT2D eigenvalue weighted by atomic mass is 16.5. The molecule has 0 aliphatic rings. The highest BCUT2D eigenvalue weighted by Crippen LogP contribution is 2.13. The first-order valence-corrected chi connectivity index (χ1v) is 7.12. The maximum Gasteiger partial charge on any atom is 0.227 e. The van der Waals surface area contributed by atoms with E-state index in [1.807, 2.05) is 43.3 Å². The molecule has 4 heteroatoms. The first kappa shape index (κ1) is 15.6. The van der Waals surface area contributed by atoms with Crippen LogP contribution in [0.2, 0.25) is 0 Å². The predicted octanol–water partition coefficient (Wildman–Crippen LogP) is 3.47. The van der Waals surface area contributed by atoms with Gasteiger partial charge in [0.05, 0.1) is 25.5 Å². The number of amides is 1. The molecule has 0 aliphatic carbocycles. The number of aryl methyl sites for hydroxylation is 1. The van der Waals surface area contributed by atoms with E-state index < -0.39 is 0 Å². The van der Waals surface area contributed by atoms with Crippen molar-refractivity contribution in [2.24, 2.45) is 0 Å². The molecule has 4 nitrogen and oxygen atoms in total. The Bertz CT molecular complexity index is 672. The number of nitriles is 1. The molecule has 2 aromatic rings. The van der Waals surface area contributed by atoms with Gasteiger partial charge in [0.15, 0.2) is 0 Å². The lowest BCUT2D eigenvalue weighted by Gasteiger charge is -2.08. The van der Waals surface area contributed by atoms with Crippen LogP contribution in [0.1, 0.15) is 17.5 Å². The molecule has 0 saturated heterocycles. The van der Waals surface area contributed by atoms with E-state index in [9.17, 15) is 4.79 Å². The van der Waals surface area contributed by atoms with Gasteiger partial charge in [-0.3, -0.25) is 4.79 Å². The number of nitrogens with zero attached hydrogens (tertiary/aromatic N) is 1. The third-order valence-corrected chi connectivity index (χ3v) is 3.11. The van der Waals surface area contributed by atoms with Gasteiger partial charge in [0.1, 0.15) is 5.75 Å². The van der Waals surface area contributed by atoms with E-state index in [2.05, 4.69) is 11.4 Å². The topological polar surface area (TPSA) is 62.1 Å². The molecule has 112 valence electrons. The average Bonchev–Trinajstić information content (AvgIpc) is 2.50. The lowest BCUT2D eigenvalue weighted by molar-refractivity contribution is -0.116. The lowest BCUT2D eigenvalue weighted by Crippen LogP contribution is -2.15. The normalized spacial score (nSPS) is 9.82. The molecule has 0 heterocycles. The Hall–Kier alpha value is -2.80. The molecule has 1 N–H and O–H groups in total. The maximum absolute atomic E-state index is 11.8. The standard InChI is InChI=1S/C18H18N2O2/c1-14-3-2-4-17(13-14)22-12-10-18(21)20-16-7-5-15(6-8-16)9-11-19/h2-8,13H,9-10,12H2,1H3,(H,20,21). The number of anilines is 1. The number of rotatable bonds is 6. The second-order valence-corrected chi connectivity index (χ2v) is 4.99. The molecular formula is C18H18N2O2. The predicted molar refractivity (Wildman–Crippen MR) is 85.7 cm³/mol. The van der Waals surface area contributed by atoms with Crippen LogP contribution in [0, 0.1) is 18.3 Å². The van der Waals surface area contributed by atoms with E-state index in [1.54, 1.807) is 12.1 Å². The number of carbonyl (C=O) groups is 1. The van der Waals surface area contributed by atoms with Gasteiger partial charge in [0.25, 0.3) is 0 Å². The molecule has 0 saturated carbocycles. The summed E-state index contributed by atoms with van der Waals surface area (Å²) in [5, 5.41) is 11.4. The minimum atomic E-state index is -0.0966. The second-order valence-electron chi connectivity index (χ2n) is 4.99. The zero-order valence-corrected chi connectivity index (χ0v) is 12.5. The third-order valence-electron chi connectivity index (χ3n) is 3.11. The van der Waals surface area contributed by atoms with Gasteiger partial charge >= 0.3 is 0 Å². The molecule has 0 fully saturated rings. The van der Waals surface area contributed by atoms with Gasteiger partial charge in [-0.1, -0.05) is 24.3 Å². The van der Waals surface area contributed by atoms with Crippen molar-refractivity contribution in [3.63, 3.8) is 0 Å². The first-order valence-electron chi connectivity index (χ1n) is 7.12. The molecule has 0 bridgehead atoms. The van der Waals surface area contributed by atoms with E-state index in [-0.39, 0.29) is 12.3 Å². The van der Waals surface area contributed by atoms with E-state index in [1.165, 1.54) is 0 Å². The Morgan fingerprint density at radius 3 is 2.68 bits per heavy atom. The Kier molecular flexibility index (Phi) is 5.56. The monoisotopic (exact) mass is 294 g/mol. The largest absolute Gasteiger partial charge is 0.493 e. The number of nitrogens with one attached hydrogen (secondary N) is 1. The van der Waals surface area contributed by atoms with E-state index in [0.29, 0.717) is 13.0 Å². The summed E-state index contributed by atoms with van der Waals surface area (Å²) in [6, 6.07) is 17.1. The number of ether oxygens (including phenoxy) is 1. The van der Waals surface area contributed by atoms with Crippen LogP contribution < -0.4 is 10.1 Å². The second kappa shape index (κ2) is 7.84. The van der Waals surface area contributed by atoms with E-state index in [0.717, 1.165) is 22.6 Å². The van der Waals surface area contributed by atoms with Crippen molar-refractivity contribution in [1.82, 2.24) is 0 Å². The Morgan fingerprint density at radius 2 is 2.00 bits per heavy atom. The van der Waals surface area contributed by atoms with Gasteiger partial charge in [-0.2, -0.15) is 5.26 Å². The molecule has 0 spiro atoms. The Labute approximate surface area is 130 Å². The van der Waals surface area contributed by atoms with Gasteiger partial charge in [-0.25, -0.2) is 0 Å². The Balaban J connectivity index is 1.77. The number of hydrogen-bond donors (Lipinski definition) is 1. The van der Waals surface area contributed by atoms with Gasteiger partial charge in [0.2, 0.25) is 5.91 Å². The van der Waals surface area contributed by atoms with Crippen molar-refractivity contribution >= 4 is 11.6 Å². The third kappa shape index (κ3) is 4.95. The number of benzene rings is 2. The summed E-state index contributed by atoms with van der Waals surface area (Å²) in [6.07, 6.45) is 0.659. The van der Waals surface area contributed by atoms with Crippen molar-refractivity contribution in [3.05, 3.63) is 59.7 Å². The summed E-state index contributed by atoms with van der Waals surface area (Å²) in [5.74, 6) is 0.675. The fourth-order valence-electron chi connectivity index (χ4n) is 1.99. The summed E-state index contributed by atoms with van der Waals surface area (Å²) in [7, 11) is 0. The minimum absolute atomic E-state index is 0.0966. The zero-order chi connectivity index (χ0) is 15.8. The quantitative estimate of drug-likeness (QED) is 0.887. The fraction of sp³-hybridized carbons (Fsp3) is 0.222. The smallest absolute Gasteiger partial charge is 0.227 e. The van der Waals surface area contributed by atoms with Gasteiger partial charge in [0, 0.05) is 5.69 Å². The molecule has 0 radical (unpaired) electrons. The van der Waals surface area contributed by atoms with Crippen LogP contribution >= 0.6 is 0 Å². The summed E-state index contributed by atoms with van der Waals surface area (Å²) in [6.45, 7) is 2.33. The number of carbonyl (C=O) groups excluding carboxylic acids is 1.